The van der Waals surface area contributed by atoms with E-state index in [-0.39, 0.29) is 11.9 Å². The number of primary amides is 1. The van der Waals surface area contributed by atoms with Crippen LogP contribution in [0.3, 0.4) is 0 Å². The quantitative estimate of drug-likeness (QED) is 0.447. The molecular formula is C29H37N5O2. The van der Waals surface area contributed by atoms with Crippen LogP contribution in [-0.4, -0.2) is 58.8 Å². The Kier molecular flexibility index (Phi) is 8.10. The number of likely N-dealkylation sites (tertiary alicyclic amines) is 1. The van der Waals surface area contributed by atoms with E-state index in [9.17, 15) is 9.59 Å². The maximum Gasteiger partial charge on any atom is 0.253 e. The number of rotatable bonds is 9. The van der Waals surface area contributed by atoms with Crippen LogP contribution < -0.4 is 10.6 Å². The van der Waals surface area contributed by atoms with Gasteiger partial charge in [0.2, 0.25) is 5.91 Å². The monoisotopic (exact) mass is 487 g/mol. The summed E-state index contributed by atoms with van der Waals surface area (Å²) in [6, 6.07) is 20.1. The van der Waals surface area contributed by atoms with Crippen LogP contribution >= 0.6 is 0 Å². The number of amides is 2. The number of carbonyl (C=O) groups is 2. The minimum absolute atomic E-state index is 0.0421. The highest BCUT2D eigenvalue weighted by Crippen LogP contribution is 2.34. The summed E-state index contributed by atoms with van der Waals surface area (Å²) in [6.07, 6.45) is 3.93. The Balaban J connectivity index is 1.60. The molecule has 1 atom stereocenters. The van der Waals surface area contributed by atoms with Gasteiger partial charge in [0.15, 0.2) is 0 Å². The van der Waals surface area contributed by atoms with Crippen LogP contribution in [0, 0.1) is 0 Å². The highest BCUT2D eigenvalue weighted by molar-refractivity contribution is 5.95. The first-order valence-electron chi connectivity index (χ1n) is 12.9. The predicted molar refractivity (Wildman–Crippen MR) is 145 cm³/mol. The summed E-state index contributed by atoms with van der Waals surface area (Å²) in [5.74, 6) is -0.396. The standard InChI is InChI=1S/C29H37N5O2/c1-4-32(5-2)29(36)22-11-13-24(14-12-22)34(26-9-6-8-23(20-26)28(30)35)25-15-18-33(19-16-25)21(3)27-10-7-17-31-27/h6-14,17,20-21,25,31H,4-5,15-16,18-19H2,1-3H3,(H2,30,35). The van der Waals surface area contributed by atoms with Crippen molar-refractivity contribution in [1.29, 1.82) is 0 Å². The lowest BCUT2D eigenvalue weighted by Crippen LogP contribution is -2.44. The summed E-state index contributed by atoms with van der Waals surface area (Å²) in [4.78, 5) is 34.7. The molecule has 0 aliphatic carbocycles. The van der Waals surface area contributed by atoms with Crippen LogP contribution in [-0.2, 0) is 0 Å². The Morgan fingerprint density at radius 3 is 2.25 bits per heavy atom. The molecule has 0 spiro atoms. The van der Waals surface area contributed by atoms with E-state index in [1.165, 1.54) is 5.69 Å². The van der Waals surface area contributed by atoms with E-state index in [0.29, 0.717) is 30.3 Å². The molecule has 36 heavy (non-hydrogen) atoms. The number of aromatic nitrogens is 1. The van der Waals surface area contributed by atoms with Gasteiger partial charge in [-0.1, -0.05) is 6.07 Å². The van der Waals surface area contributed by atoms with Gasteiger partial charge in [0.1, 0.15) is 0 Å². The van der Waals surface area contributed by atoms with Crippen molar-refractivity contribution in [3.8, 4) is 0 Å². The SMILES string of the molecule is CCN(CC)C(=O)c1ccc(N(c2cccc(C(N)=O)c2)C2CCN(C(C)c3ccc[nH]3)CC2)cc1. The summed E-state index contributed by atoms with van der Waals surface area (Å²) < 4.78 is 0. The lowest BCUT2D eigenvalue weighted by Gasteiger charge is -2.41. The number of hydrogen-bond donors (Lipinski definition) is 2. The Hall–Kier alpha value is -3.58. The number of piperidine rings is 1. The second kappa shape index (κ2) is 11.4. The van der Waals surface area contributed by atoms with Gasteiger partial charge in [0, 0.05) is 72.7 Å². The lowest BCUT2D eigenvalue weighted by atomic mass is 9.98. The molecule has 3 N–H and O–H groups in total. The molecule has 7 nitrogen and oxygen atoms in total. The van der Waals surface area contributed by atoms with Crippen LogP contribution in [0.25, 0.3) is 0 Å². The molecule has 1 saturated heterocycles. The van der Waals surface area contributed by atoms with Crippen molar-refractivity contribution in [3.63, 3.8) is 0 Å². The zero-order valence-corrected chi connectivity index (χ0v) is 21.5. The van der Waals surface area contributed by atoms with Crippen LogP contribution in [0.5, 0.6) is 0 Å². The molecule has 0 bridgehead atoms. The van der Waals surface area contributed by atoms with Crippen LogP contribution in [0.1, 0.15) is 66.1 Å². The van der Waals surface area contributed by atoms with Crippen molar-refractivity contribution in [2.45, 2.75) is 45.7 Å². The number of carbonyl (C=O) groups excluding carboxylic acids is 2. The number of hydrogen-bond acceptors (Lipinski definition) is 4. The average Bonchev–Trinajstić information content (AvgIpc) is 3.45. The fraction of sp³-hybridized carbons (Fsp3) is 0.379. The molecule has 0 radical (unpaired) electrons. The molecule has 3 aromatic rings. The lowest BCUT2D eigenvalue weighted by molar-refractivity contribution is 0.0772. The number of benzene rings is 2. The maximum absolute atomic E-state index is 12.8. The number of aromatic amines is 1. The summed E-state index contributed by atoms with van der Waals surface area (Å²) in [7, 11) is 0. The summed E-state index contributed by atoms with van der Waals surface area (Å²) >= 11 is 0. The molecule has 190 valence electrons. The highest BCUT2D eigenvalue weighted by atomic mass is 16.2. The third-order valence-corrected chi connectivity index (χ3v) is 7.34. The normalized spacial score (nSPS) is 15.4. The molecule has 2 aromatic carbocycles. The summed E-state index contributed by atoms with van der Waals surface area (Å²) in [6.45, 7) is 9.53. The fourth-order valence-corrected chi connectivity index (χ4v) is 5.17. The molecule has 1 unspecified atom stereocenters. The maximum atomic E-state index is 12.8. The minimum Gasteiger partial charge on any atom is -0.366 e. The van der Waals surface area contributed by atoms with Crippen LogP contribution in [0.4, 0.5) is 11.4 Å². The van der Waals surface area contributed by atoms with Gasteiger partial charge in [0.05, 0.1) is 0 Å². The van der Waals surface area contributed by atoms with Gasteiger partial charge >= 0.3 is 0 Å². The third-order valence-electron chi connectivity index (χ3n) is 7.34. The number of nitrogens with two attached hydrogens (primary N) is 1. The Morgan fingerprint density at radius 2 is 1.67 bits per heavy atom. The molecule has 1 aliphatic rings. The van der Waals surface area contributed by atoms with E-state index in [1.807, 2.05) is 73.5 Å². The molecule has 2 amide bonds. The topological polar surface area (TPSA) is 85.7 Å². The Morgan fingerprint density at radius 1 is 0.972 bits per heavy atom. The number of nitrogens with zero attached hydrogens (tertiary/aromatic N) is 3. The van der Waals surface area contributed by atoms with Crippen molar-refractivity contribution in [2.75, 3.05) is 31.1 Å². The Bertz CT molecular complexity index is 1150. The van der Waals surface area contributed by atoms with Gasteiger partial charge in [-0.2, -0.15) is 0 Å². The second-order valence-electron chi connectivity index (χ2n) is 9.38. The molecule has 1 aromatic heterocycles. The van der Waals surface area contributed by atoms with Crippen molar-refractivity contribution in [3.05, 3.63) is 83.7 Å². The highest BCUT2D eigenvalue weighted by Gasteiger charge is 2.29. The van der Waals surface area contributed by atoms with Crippen molar-refractivity contribution < 1.29 is 9.59 Å². The van der Waals surface area contributed by atoms with Gasteiger partial charge in [0.25, 0.3) is 5.91 Å². The van der Waals surface area contributed by atoms with Gasteiger partial charge in [-0.3, -0.25) is 14.5 Å². The molecule has 2 heterocycles. The van der Waals surface area contributed by atoms with Crippen molar-refractivity contribution >= 4 is 23.2 Å². The number of anilines is 2. The van der Waals surface area contributed by atoms with E-state index in [2.05, 4.69) is 27.8 Å². The molecular weight excluding hydrogens is 450 g/mol. The summed E-state index contributed by atoms with van der Waals surface area (Å²) in [5, 5.41) is 0. The zero-order chi connectivity index (χ0) is 25.7. The van der Waals surface area contributed by atoms with E-state index in [4.69, 9.17) is 5.73 Å². The molecule has 0 saturated carbocycles. The average molecular weight is 488 g/mol. The first kappa shape index (κ1) is 25.5. The van der Waals surface area contributed by atoms with E-state index in [1.54, 1.807) is 6.07 Å². The van der Waals surface area contributed by atoms with Gasteiger partial charge in [-0.25, -0.2) is 0 Å². The zero-order valence-electron chi connectivity index (χ0n) is 21.5. The molecule has 1 aliphatic heterocycles. The second-order valence-corrected chi connectivity index (χ2v) is 9.38. The minimum atomic E-state index is -0.438. The van der Waals surface area contributed by atoms with Gasteiger partial charge in [-0.15, -0.1) is 0 Å². The molecule has 1 fully saturated rings. The molecule has 7 heteroatoms. The van der Waals surface area contributed by atoms with E-state index < -0.39 is 5.91 Å². The molecule has 4 rings (SSSR count). The predicted octanol–water partition coefficient (Wildman–Crippen LogP) is 4.96. The first-order valence-corrected chi connectivity index (χ1v) is 12.9. The Labute approximate surface area is 213 Å². The van der Waals surface area contributed by atoms with Gasteiger partial charge < -0.3 is 20.5 Å². The van der Waals surface area contributed by atoms with Crippen LogP contribution in [0.15, 0.2) is 66.9 Å². The third kappa shape index (κ3) is 5.46. The fourth-order valence-electron chi connectivity index (χ4n) is 5.17. The summed E-state index contributed by atoms with van der Waals surface area (Å²) in [5.41, 5.74) is 9.94. The van der Waals surface area contributed by atoms with Crippen molar-refractivity contribution in [1.82, 2.24) is 14.8 Å². The number of H-pyrrole nitrogens is 1. The smallest absolute Gasteiger partial charge is 0.253 e. The largest absolute Gasteiger partial charge is 0.366 e. The van der Waals surface area contributed by atoms with E-state index in [0.717, 1.165) is 37.3 Å². The number of nitrogens with one attached hydrogen (secondary N) is 1. The van der Waals surface area contributed by atoms with Gasteiger partial charge in [-0.05, 0) is 88.2 Å². The first-order chi connectivity index (χ1) is 17.4. The van der Waals surface area contributed by atoms with Crippen LogP contribution in [0.2, 0.25) is 0 Å². The van der Waals surface area contributed by atoms with E-state index >= 15 is 0 Å². The van der Waals surface area contributed by atoms with Crippen molar-refractivity contribution in [2.24, 2.45) is 5.73 Å².